The van der Waals surface area contributed by atoms with Crippen molar-refractivity contribution in [2.24, 2.45) is 11.8 Å². The number of alkyl carbamates (subject to hydrolysis) is 1. The van der Waals surface area contributed by atoms with Crippen molar-refractivity contribution in [2.75, 3.05) is 0 Å². The van der Waals surface area contributed by atoms with E-state index in [0.717, 1.165) is 43.4 Å². The molecule has 1 aromatic carbocycles. The zero-order valence-electron chi connectivity index (χ0n) is 19.7. The molecule has 2 unspecified atom stereocenters. The Balaban J connectivity index is 1.31. The monoisotopic (exact) mass is 447 g/mol. The van der Waals surface area contributed by atoms with E-state index in [1.807, 2.05) is 63.2 Å². The van der Waals surface area contributed by atoms with E-state index >= 15 is 0 Å². The van der Waals surface area contributed by atoms with Crippen molar-refractivity contribution in [2.45, 2.75) is 76.0 Å². The summed E-state index contributed by atoms with van der Waals surface area (Å²) in [6.45, 7) is 5.64. The van der Waals surface area contributed by atoms with Crippen LogP contribution in [0, 0.1) is 11.8 Å². The van der Waals surface area contributed by atoms with Crippen LogP contribution in [0.1, 0.15) is 69.7 Å². The highest BCUT2D eigenvalue weighted by atomic mass is 16.6. The number of ether oxygens (including phenoxy) is 1. The van der Waals surface area contributed by atoms with Gasteiger partial charge in [-0.1, -0.05) is 30.3 Å². The topological polar surface area (TPSA) is 80.3 Å². The summed E-state index contributed by atoms with van der Waals surface area (Å²) in [6, 6.07) is 13.7. The van der Waals surface area contributed by atoms with Crippen LogP contribution in [0.25, 0.3) is 11.3 Å². The van der Waals surface area contributed by atoms with Gasteiger partial charge in [0.1, 0.15) is 5.60 Å². The first kappa shape index (κ1) is 21.9. The van der Waals surface area contributed by atoms with Crippen molar-refractivity contribution in [1.29, 1.82) is 0 Å². The Morgan fingerprint density at radius 3 is 2.15 bits per heavy atom. The largest absolute Gasteiger partial charge is 0.444 e. The van der Waals surface area contributed by atoms with Crippen molar-refractivity contribution in [3.63, 3.8) is 0 Å². The molecule has 0 spiro atoms. The fourth-order valence-electron chi connectivity index (χ4n) is 6.70. The minimum absolute atomic E-state index is 0.0866. The second kappa shape index (κ2) is 7.86. The molecule has 2 amide bonds. The molecule has 4 bridgehead atoms. The number of aromatic nitrogens is 1. The summed E-state index contributed by atoms with van der Waals surface area (Å²) in [4.78, 5) is 30.4. The van der Waals surface area contributed by atoms with Crippen LogP contribution in [0.15, 0.2) is 48.7 Å². The third-order valence-electron chi connectivity index (χ3n) is 7.30. The van der Waals surface area contributed by atoms with E-state index in [1.54, 1.807) is 6.20 Å². The van der Waals surface area contributed by atoms with Gasteiger partial charge < -0.3 is 15.4 Å². The maximum Gasteiger partial charge on any atom is 0.408 e. The smallest absolute Gasteiger partial charge is 0.408 e. The van der Waals surface area contributed by atoms with E-state index in [-0.39, 0.29) is 23.1 Å². The van der Waals surface area contributed by atoms with Gasteiger partial charge in [0.05, 0.1) is 11.3 Å². The standard InChI is InChI=1S/C27H33N3O3/c1-25(2,3)33-24(32)30-27-14-18-11-19(15-27)13-26(12-18,17-27)29-23(31)21-9-10-22(28-16-21)20-7-5-4-6-8-20/h4-10,16,18-19H,11-15,17H2,1-3H3,(H,29,31)(H,30,32). The first-order valence-electron chi connectivity index (χ1n) is 12.0. The molecule has 6 nitrogen and oxygen atoms in total. The second-order valence-electron chi connectivity index (χ2n) is 11.4. The van der Waals surface area contributed by atoms with Crippen molar-refractivity contribution in [3.8, 4) is 11.3 Å². The van der Waals surface area contributed by atoms with Gasteiger partial charge in [0, 0.05) is 22.8 Å². The predicted octanol–water partition coefficient (Wildman–Crippen LogP) is 5.09. The van der Waals surface area contributed by atoms with Gasteiger partial charge in [-0.3, -0.25) is 9.78 Å². The number of nitrogens with zero attached hydrogens (tertiary/aromatic N) is 1. The number of carbonyl (C=O) groups excluding carboxylic acids is 2. The van der Waals surface area contributed by atoms with E-state index in [1.165, 1.54) is 6.42 Å². The van der Waals surface area contributed by atoms with Crippen molar-refractivity contribution < 1.29 is 14.3 Å². The molecule has 4 aliphatic carbocycles. The number of hydrogen-bond donors (Lipinski definition) is 2. The SMILES string of the molecule is CC(C)(C)OC(=O)NC12CC3CC(C1)CC(NC(=O)c1ccc(-c4ccccc4)nc1)(C3)C2. The molecule has 0 radical (unpaired) electrons. The van der Waals surface area contributed by atoms with Gasteiger partial charge in [-0.15, -0.1) is 0 Å². The van der Waals surface area contributed by atoms with Gasteiger partial charge in [0.25, 0.3) is 5.91 Å². The lowest BCUT2D eigenvalue weighted by molar-refractivity contribution is -0.0509. The van der Waals surface area contributed by atoms with Crippen LogP contribution in [-0.2, 0) is 4.74 Å². The number of nitrogens with one attached hydrogen (secondary N) is 2. The Kier molecular flexibility index (Phi) is 5.22. The number of hydrogen-bond acceptors (Lipinski definition) is 4. The molecular formula is C27H33N3O3. The van der Waals surface area contributed by atoms with Crippen LogP contribution in [-0.4, -0.2) is 33.7 Å². The molecule has 0 aliphatic heterocycles. The summed E-state index contributed by atoms with van der Waals surface area (Å²) in [6.07, 6.45) is 7.13. The summed E-state index contributed by atoms with van der Waals surface area (Å²) < 4.78 is 5.56. The minimum atomic E-state index is -0.531. The summed E-state index contributed by atoms with van der Waals surface area (Å²) in [5.41, 5.74) is 1.34. The average molecular weight is 448 g/mol. The molecular weight excluding hydrogens is 414 g/mol. The average Bonchev–Trinajstić information content (AvgIpc) is 2.71. The normalized spacial score (nSPS) is 30.0. The first-order chi connectivity index (χ1) is 15.6. The van der Waals surface area contributed by atoms with Crippen LogP contribution in [0.4, 0.5) is 4.79 Å². The molecule has 0 saturated heterocycles. The maximum atomic E-state index is 13.2. The highest BCUT2D eigenvalue weighted by molar-refractivity contribution is 5.94. The van der Waals surface area contributed by atoms with Gasteiger partial charge in [-0.2, -0.15) is 0 Å². The Bertz CT molecular complexity index is 1030. The van der Waals surface area contributed by atoms with Crippen molar-refractivity contribution in [3.05, 3.63) is 54.2 Å². The molecule has 33 heavy (non-hydrogen) atoms. The molecule has 2 aromatic rings. The lowest BCUT2D eigenvalue weighted by Crippen LogP contribution is -2.70. The van der Waals surface area contributed by atoms with Crippen molar-refractivity contribution >= 4 is 12.0 Å². The zero-order chi connectivity index (χ0) is 23.3. The number of carbonyl (C=O) groups is 2. The summed E-state index contributed by atoms with van der Waals surface area (Å²) in [7, 11) is 0. The van der Waals surface area contributed by atoms with Gasteiger partial charge in [0.15, 0.2) is 0 Å². The lowest BCUT2D eigenvalue weighted by Gasteiger charge is -2.62. The highest BCUT2D eigenvalue weighted by Crippen LogP contribution is 2.57. The van der Waals surface area contributed by atoms with Gasteiger partial charge >= 0.3 is 6.09 Å². The second-order valence-corrected chi connectivity index (χ2v) is 11.4. The Labute approximate surface area is 195 Å². The van der Waals surface area contributed by atoms with Crippen LogP contribution < -0.4 is 10.6 Å². The molecule has 174 valence electrons. The molecule has 1 aromatic heterocycles. The third kappa shape index (κ3) is 4.61. The fraction of sp³-hybridized carbons (Fsp3) is 0.519. The molecule has 6 heteroatoms. The van der Waals surface area contributed by atoms with Crippen LogP contribution >= 0.6 is 0 Å². The van der Waals surface area contributed by atoms with Crippen LogP contribution in [0.3, 0.4) is 0 Å². The van der Waals surface area contributed by atoms with E-state index < -0.39 is 5.60 Å². The van der Waals surface area contributed by atoms with Crippen LogP contribution in [0.2, 0.25) is 0 Å². The van der Waals surface area contributed by atoms with Gasteiger partial charge in [0.2, 0.25) is 0 Å². The minimum Gasteiger partial charge on any atom is -0.444 e. The number of benzene rings is 1. The quantitative estimate of drug-likeness (QED) is 0.684. The number of pyridine rings is 1. The maximum absolute atomic E-state index is 13.2. The van der Waals surface area contributed by atoms with Gasteiger partial charge in [-0.25, -0.2) is 4.79 Å². The zero-order valence-corrected chi connectivity index (χ0v) is 19.7. The summed E-state index contributed by atoms with van der Waals surface area (Å²) in [5.74, 6) is 0.941. The molecule has 2 atom stereocenters. The van der Waals surface area contributed by atoms with E-state index in [4.69, 9.17) is 4.74 Å². The van der Waals surface area contributed by atoms with E-state index in [9.17, 15) is 9.59 Å². The lowest BCUT2D eigenvalue weighted by atomic mass is 9.50. The van der Waals surface area contributed by atoms with E-state index in [0.29, 0.717) is 17.4 Å². The fourth-order valence-corrected chi connectivity index (χ4v) is 6.70. The first-order valence-corrected chi connectivity index (χ1v) is 12.0. The third-order valence-corrected chi connectivity index (χ3v) is 7.30. The molecule has 4 aliphatic rings. The van der Waals surface area contributed by atoms with E-state index in [2.05, 4.69) is 15.6 Å². The number of rotatable bonds is 4. The Hall–Kier alpha value is -2.89. The molecule has 4 fully saturated rings. The Morgan fingerprint density at radius 1 is 0.939 bits per heavy atom. The molecule has 6 rings (SSSR count). The van der Waals surface area contributed by atoms with Crippen LogP contribution in [0.5, 0.6) is 0 Å². The molecule has 4 saturated carbocycles. The highest BCUT2D eigenvalue weighted by Gasteiger charge is 2.59. The predicted molar refractivity (Wildman–Crippen MR) is 127 cm³/mol. The summed E-state index contributed by atoms with van der Waals surface area (Å²) in [5, 5.41) is 6.60. The summed E-state index contributed by atoms with van der Waals surface area (Å²) >= 11 is 0. The Morgan fingerprint density at radius 2 is 1.58 bits per heavy atom. The van der Waals surface area contributed by atoms with Gasteiger partial charge in [-0.05, 0) is 83.3 Å². The molecule has 2 N–H and O–H groups in total. The van der Waals surface area contributed by atoms with Crippen molar-refractivity contribution in [1.82, 2.24) is 15.6 Å². The molecule has 1 heterocycles. The number of amides is 2.